The first-order valence-corrected chi connectivity index (χ1v) is 9.02. The summed E-state index contributed by atoms with van der Waals surface area (Å²) < 4.78 is 24.2. The van der Waals surface area contributed by atoms with Gasteiger partial charge in [-0.3, -0.25) is 0 Å². The van der Waals surface area contributed by atoms with Crippen LogP contribution < -0.4 is 0 Å². The Kier molecular flexibility index (Phi) is 4.40. The van der Waals surface area contributed by atoms with Gasteiger partial charge in [0.25, 0.3) is 0 Å². The minimum atomic E-state index is -0.605. The Morgan fingerprint density at radius 2 is 1.96 bits per heavy atom. The lowest BCUT2D eigenvalue weighted by molar-refractivity contribution is -0.193. The summed E-state index contributed by atoms with van der Waals surface area (Å²) in [6, 6.07) is 10.1. The Balaban J connectivity index is 1.43. The molecular weight excluding hydrogens is 326 g/mol. The first kappa shape index (κ1) is 16.2. The molecule has 4 atom stereocenters. The summed E-state index contributed by atoms with van der Waals surface area (Å²) in [6.07, 6.45) is 1.16. The summed E-state index contributed by atoms with van der Waals surface area (Å²) >= 11 is 1.58. The van der Waals surface area contributed by atoms with Gasteiger partial charge < -0.3 is 18.9 Å². The summed E-state index contributed by atoms with van der Waals surface area (Å²) in [5.74, 6) is -0.605. The topological polar surface area (TPSA) is 49.8 Å². The number of ether oxygens (including phenoxy) is 4. The second-order valence-corrected chi connectivity index (χ2v) is 7.46. The summed E-state index contributed by atoms with van der Waals surface area (Å²) in [4.78, 5) is 4.39. The molecule has 1 aromatic heterocycles. The van der Waals surface area contributed by atoms with E-state index >= 15 is 0 Å². The van der Waals surface area contributed by atoms with Crippen molar-refractivity contribution in [3.63, 3.8) is 0 Å². The maximum absolute atomic E-state index is 6.18. The van der Waals surface area contributed by atoms with E-state index in [4.69, 9.17) is 18.9 Å². The van der Waals surface area contributed by atoms with Crippen molar-refractivity contribution in [2.75, 3.05) is 6.61 Å². The molecule has 0 spiro atoms. The maximum Gasteiger partial charge on any atom is 0.164 e. The van der Waals surface area contributed by atoms with Crippen molar-refractivity contribution < 1.29 is 18.9 Å². The van der Waals surface area contributed by atoms with Crippen LogP contribution in [0.2, 0.25) is 0 Å². The fourth-order valence-corrected chi connectivity index (χ4v) is 3.96. The molecule has 0 saturated carbocycles. The van der Waals surface area contributed by atoms with Gasteiger partial charge in [0, 0.05) is 11.6 Å². The maximum atomic E-state index is 6.18. The third-order valence-corrected chi connectivity index (χ3v) is 5.08. The SMILES string of the molecule is CC1(C)O[C@@H]2[C@H](O1)[C@@H](COCc1ccccc1)O[C@H]2c1nccs1. The van der Waals surface area contributed by atoms with Crippen LogP contribution in [0.1, 0.15) is 30.5 Å². The van der Waals surface area contributed by atoms with Crippen LogP contribution in [0, 0.1) is 0 Å². The summed E-state index contributed by atoms with van der Waals surface area (Å²) in [7, 11) is 0. The van der Waals surface area contributed by atoms with Crippen molar-refractivity contribution in [1.82, 2.24) is 4.98 Å². The highest BCUT2D eigenvalue weighted by Crippen LogP contribution is 2.45. The largest absolute Gasteiger partial charge is 0.374 e. The van der Waals surface area contributed by atoms with Gasteiger partial charge in [-0.25, -0.2) is 4.98 Å². The van der Waals surface area contributed by atoms with E-state index in [1.54, 1.807) is 17.5 Å². The first-order valence-electron chi connectivity index (χ1n) is 8.14. The van der Waals surface area contributed by atoms with Gasteiger partial charge in [0.2, 0.25) is 0 Å². The van der Waals surface area contributed by atoms with Crippen LogP contribution in [0.15, 0.2) is 41.9 Å². The molecule has 2 fully saturated rings. The number of hydrogen-bond acceptors (Lipinski definition) is 6. The highest BCUT2D eigenvalue weighted by Gasteiger charge is 2.56. The van der Waals surface area contributed by atoms with Gasteiger partial charge in [0.05, 0.1) is 13.2 Å². The number of fused-ring (bicyclic) bond motifs is 1. The standard InChI is InChI=1S/C18H21NO4S/c1-18(2)22-14-13(11-20-10-12-6-4-3-5-7-12)21-16(15(14)23-18)17-19-8-9-24-17/h3-9,13-16H,10-11H2,1-2H3/t13-,14-,15-,16-/m1/s1. The molecule has 4 rings (SSSR count). The molecule has 2 aromatic rings. The average molecular weight is 347 g/mol. The summed E-state index contributed by atoms with van der Waals surface area (Å²) in [6.45, 7) is 4.90. The number of rotatable bonds is 5. The molecule has 0 radical (unpaired) electrons. The fourth-order valence-electron chi connectivity index (χ4n) is 3.26. The van der Waals surface area contributed by atoms with Crippen LogP contribution in [0.4, 0.5) is 0 Å². The lowest BCUT2D eigenvalue weighted by atomic mass is 10.1. The molecule has 0 unspecified atom stereocenters. The van der Waals surface area contributed by atoms with E-state index in [9.17, 15) is 0 Å². The highest BCUT2D eigenvalue weighted by atomic mass is 32.1. The van der Waals surface area contributed by atoms with Crippen molar-refractivity contribution in [3.8, 4) is 0 Å². The Morgan fingerprint density at radius 3 is 2.71 bits per heavy atom. The number of hydrogen-bond donors (Lipinski definition) is 0. The predicted octanol–water partition coefficient (Wildman–Crippen LogP) is 3.32. The van der Waals surface area contributed by atoms with Gasteiger partial charge in [-0.05, 0) is 19.4 Å². The fraction of sp³-hybridized carbons (Fsp3) is 0.500. The van der Waals surface area contributed by atoms with Crippen molar-refractivity contribution in [2.24, 2.45) is 0 Å². The van der Waals surface area contributed by atoms with Gasteiger partial charge in [0.15, 0.2) is 5.79 Å². The summed E-state index contributed by atoms with van der Waals surface area (Å²) in [5, 5.41) is 2.88. The lowest BCUT2D eigenvalue weighted by Crippen LogP contribution is -2.32. The van der Waals surface area contributed by atoms with Gasteiger partial charge in [-0.2, -0.15) is 0 Å². The van der Waals surface area contributed by atoms with Crippen LogP contribution >= 0.6 is 11.3 Å². The van der Waals surface area contributed by atoms with Gasteiger partial charge >= 0.3 is 0 Å². The Bertz CT molecular complexity index is 661. The van der Waals surface area contributed by atoms with Gasteiger partial charge in [-0.15, -0.1) is 11.3 Å². The molecule has 5 nitrogen and oxygen atoms in total. The van der Waals surface area contributed by atoms with Crippen molar-refractivity contribution in [3.05, 3.63) is 52.5 Å². The predicted molar refractivity (Wildman–Crippen MR) is 89.7 cm³/mol. The monoisotopic (exact) mass is 347 g/mol. The molecule has 24 heavy (non-hydrogen) atoms. The third kappa shape index (κ3) is 3.25. The Hall–Kier alpha value is -1.31. The number of aromatic nitrogens is 1. The van der Waals surface area contributed by atoms with E-state index in [0.717, 1.165) is 10.6 Å². The molecule has 6 heteroatoms. The van der Waals surface area contributed by atoms with Crippen LogP contribution in [0.25, 0.3) is 0 Å². The normalized spacial score (nSPS) is 31.2. The minimum absolute atomic E-state index is 0.135. The van der Waals surface area contributed by atoms with E-state index in [-0.39, 0.29) is 24.4 Å². The molecule has 3 heterocycles. The number of benzene rings is 1. The van der Waals surface area contributed by atoms with Crippen LogP contribution in [0.5, 0.6) is 0 Å². The number of thiazole rings is 1. The average Bonchev–Trinajstić information content (AvgIpc) is 3.25. The van der Waals surface area contributed by atoms with E-state index in [0.29, 0.717) is 13.2 Å². The lowest BCUT2D eigenvalue weighted by Gasteiger charge is -2.23. The van der Waals surface area contributed by atoms with E-state index in [2.05, 4.69) is 17.1 Å². The van der Waals surface area contributed by atoms with E-state index in [1.807, 2.05) is 37.4 Å². The zero-order chi connectivity index (χ0) is 16.6. The molecule has 0 amide bonds. The number of nitrogens with zero attached hydrogens (tertiary/aromatic N) is 1. The summed E-state index contributed by atoms with van der Waals surface area (Å²) in [5.41, 5.74) is 1.15. The van der Waals surface area contributed by atoms with Crippen molar-refractivity contribution >= 4 is 11.3 Å². The van der Waals surface area contributed by atoms with Crippen molar-refractivity contribution in [1.29, 1.82) is 0 Å². The van der Waals surface area contributed by atoms with Gasteiger partial charge in [0.1, 0.15) is 29.4 Å². The smallest absolute Gasteiger partial charge is 0.164 e. The van der Waals surface area contributed by atoms with Gasteiger partial charge in [-0.1, -0.05) is 30.3 Å². The molecule has 2 aliphatic rings. The van der Waals surface area contributed by atoms with Crippen LogP contribution in [-0.4, -0.2) is 35.7 Å². The molecule has 0 N–H and O–H groups in total. The van der Waals surface area contributed by atoms with E-state index in [1.165, 1.54) is 0 Å². The molecule has 2 saturated heterocycles. The minimum Gasteiger partial charge on any atom is -0.374 e. The molecule has 0 bridgehead atoms. The highest BCUT2D eigenvalue weighted by molar-refractivity contribution is 7.09. The zero-order valence-corrected chi connectivity index (χ0v) is 14.6. The van der Waals surface area contributed by atoms with Crippen LogP contribution in [-0.2, 0) is 25.6 Å². The second-order valence-electron chi connectivity index (χ2n) is 6.53. The van der Waals surface area contributed by atoms with E-state index < -0.39 is 5.79 Å². The molecule has 0 aliphatic carbocycles. The Morgan fingerprint density at radius 1 is 1.17 bits per heavy atom. The van der Waals surface area contributed by atoms with Crippen molar-refractivity contribution in [2.45, 2.75) is 50.7 Å². The first-order chi connectivity index (χ1) is 11.6. The second kappa shape index (κ2) is 6.54. The quantitative estimate of drug-likeness (QED) is 0.830. The third-order valence-electron chi connectivity index (χ3n) is 4.24. The molecular formula is C18H21NO4S. The molecule has 128 valence electrons. The van der Waals surface area contributed by atoms with Crippen LogP contribution in [0.3, 0.4) is 0 Å². The zero-order valence-electron chi connectivity index (χ0n) is 13.8. The molecule has 2 aliphatic heterocycles. The molecule has 1 aromatic carbocycles. The Labute approximate surface area is 145 Å².